The van der Waals surface area contributed by atoms with Crippen molar-refractivity contribution in [3.63, 3.8) is 0 Å². The first-order chi connectivity index (χ1) is 13.0. The third-order valence-electron chi connectivity index (χ3n) is 4.68. The Morgan fingerprint density at radius 1 is 1.37 bits per heavy atom. The highest BCUT2D eigenvalue weighted by molar-refractivity contribution is 5.94. The highest BCUT2D eigenvalue weighted by Crippen LogP contribution is 2.19. The van der Waals surface area contributed by atoms with E-state index < -0.39 is 0 Å². The van der Waals surface area contributed by atoms with Crippen molar-refractivity contribution < 1.29 is 19.1 Å². The Morgan fingerprint density at radius 3 is 2.89 bits per heavy atom. The quantitative estimate of drug-likeness (QED) is 0.708. The molecule has 1 aromatic heterocycles. The molecule has 2 unspecified atom stereocenters. The van der Waals surface area contributed by atoms with Crippen molar-refractivity contribution in [2.45, 2.75) is 31.7 Å². The minimum Gasteiger partial charge on any atom is -0.383 e. The van der Waals surface area contributed by atoms with Crippen molar-refractivity contribution in [3.05, 3.63) is 30.1 Å². The van der Waals surface area contributed by atoms with Gasteiger partial charge < -0.3 is 20.3 Å². The van der Waals surface area contributed by atoms with E-state index in [1.165, 1.54) is 6.20 Å². The van der Waals surface area contributed by atoms with E-state index in [9.17, 15) is 14.4 Å². The molecule has 1 fully saturated rings. The molecule has 27 heavy (non-hydrogen) atoms. The monoisotopic (exact) mass is 376 g/mol. The fourth-order valence-corrected chi connectivity index (χ4v) is 3.13. The number of amides is 3. The van der Waals surface area contributed by atoms with Crippen LogP contribution in [0.5, 0.6) is 0 Å². The van der Waals surface area contributed by atoms with Crippen molar-refractivity contribution in [2.75, 3.05) is 33.9 Å². The molecule has 2 rings (SSSR count). The number of hydrogen-bond donors (Lipinski definition) is 2. The van der Waals surface area contributed by atoms with Crippen LogP contribution >= 0.6 is 0 Å². The molecule has 0 aliphatic carbocycles. The van der Waals surface area contributed by atoms with Crippen molar-refractivity contribution in [1.82, 2.24) is 20.5 Å². The van der Waals surface area contributed by atoms with Crippen molar-refractivity contribution >= 4 is 17.7 Å². The topological polar surface area (TPSA) is 101 Å². The molecule has 2 N–H and O–H groups in total. The summed E-state index contributed by atoms with van der Waals surface area (Å²) in [6, 6.07) is 3.25. The Kier molecular flexibility index (Phi) is 8.19. The molecule has 1 aromatic rings. The van der Waals surface area contributed by atoms with Gasteiger partial charge in [0.05, 0.1) is 12.2 Å². The summed E-state index contributed by atoms with van der Waals surface area (Å²) in [7, 11) is 3.28. The van der Waals surface area contributed by atoms with Gasteiger partial charge in [0.2, 0.25) is 11.8 Å². The minimum atomic E-state index is -0.357. The van der Waals surface area contributed by atoms with E-state index in [0.717, 1.165) is 6.42 Å². The number of nitrogens with zero attached hydrogens (tertiary/aromatic N) is 2. The second-order valence-corrected chi connectivity index (χ2v) is 6.80. The molecule has 1 aliphatic rings. The summed E-state index contributed by atoms with van der Waals surface area (Å²) in [4.78, 5) is 42.7. The van der Waals surface area contributed by atoms with Crippen molar-refractivity contribution in [1.29, 1.82) is 0 Å². The number of rotatable bonds is 6. The van der Waals surface area contributed by atoms with Crippen LogP contribution in [0.4, 0.5) is 0 Å². The van der Waals surface area contributed by atoms with Crippen LogP contribution < -0.4 is 10.6 Å². The number of methoxy groups -OCH3 is 1. The molecule has 0 radical (unpaired) electrons. The summed E-state index contributed by atoms with van der Waals surface area (Å²) >= 11 is 0. The first-order valence-corrected chi connectivity index (χ1v) is 9.22. The zero-order valence-corrected chi connectivity index (χ0v) is 15.9. The highest BCUT2D eigenvalue weighted by Gasteiger charge is 2.27. The molecule has 3 amide bonds. The molecule has 2 atom stereocenters. The Morgan fingerprint density at radius 2 is 2.19 bits per heavy atom. The first kappa shape index (κ1) is 20.8. The third kappa shape index (κ3) is 6.63. The summed E-state index contributed by atoms with van der Waals surface area (Å²) in [5.74, 6) is -0.775. The standard InChI is InChI=1S/C19H28N4O4/c1-23-13-16(22-19(26)15-6-4-8-20-12-15)7-3-5-14(11-17(23)24)18(25)21-9-10-27-2/h4,6,8,12,14,16H,3,5,7,9-11,13H2,1-2H3,(H,21,25)(H,22,26). The van der Waals surface area contributed by atoms with Crippen LogP contribution in [0.1, 0.15) is 36.0 Å². The van der Waals surface area contributed by atoms with Gasteiger partial charge in [-0.05, 0) is 25.0 Å². The Bertz CT molecular complexity index is 638. The van der Waals surface area contributed by atoms with Gasteiger partial charge in [0.15, 0.2) is 0 Å². The maximum Gasteiger partial charge on any atom is 0.253 e. The number of likely N-dealkylation sites (N-methyl/N-ethyl adjacent to an activating group) is 1. The van der Waals surface area contributed by atoms with Gasteiger partial charge in [0.1, 0.15) is 0 Å². The van der Waals surface area contributed by atoms with Crippen LogP contribution in [0.2, 0.25) is 0 Å². The number of carbonyl (C=O) groups is 3. The normalized spacial score (nSPS) is 21.0. The molecule has 0 aromatic carbocycles. The fraction of sp³-hybridized carbons (Fsp3) is 0.579. The van der Waals surface area contributed by atoms with Crippen LogP contribution in [0.25, 0.3) is 0 Å². The molecular weight excluding hydrogens is 348 g/mol. The zero-order valence-electron chi connectivity index (χ0n) is 15.9. The summed E-state index contributed by atoms with van der Waals surface area (Å²) in [6.07, 6.45) is 5.37. The molecular formula is C19H28N4O4. The zero-order chi connectivity index (χ0) is 19.6. The Hall–Kier alpha value is -2.48. The SMILES string of the molecule is COCCNC(=O)C1CCCC(NC(=O)c2cccnc2)CN(C)C(=O)C1. The van der Waals surface area contributed by atoms with Crippen LogP contribution in [-0.4, -0.2) is 67.5 Å². The molecule has 8 nitrogen and oxygen atoms in total. The maximum atomic E-state index is 12.5. The van der Waals surface area contributed by atoms with Gasteiger partial charge >= 0.3 is 0 Å². The van der Waals surface area contributed by atoms with Crippen LogP contribution in [0.3, 0.4) is 0 Å². The number of aromatic nitrogens is 1. The Balaban J connectivity index is 1.96. The third-order valence-corrected chi connectivity index (χ3v) is 4.68. The van der Waals surface area contributed by atoms with Gasteiger partial charge in [-0.2, -0.15) is 0 Å². The maximum absolute atomic E-state index is 12.5. The van der Waals surface area contributed by atoms with Crippen LogP contribution in [-0.2, 0) is 14.3 Å². The molecule has 148 valence electrons. The molecule has 2 heterocycles. The lowest BCUT2D eigenvalue weighted by Gasteiger charge is -2.24. The lowest BCUT2D eigenvalue weighted by atomic mass is 9.96. The molecule has 8 heteroatoms. The van der Waals surface area contributed by atoms with E-state index in [4.69, 9.17) is 4.74 Å². The second-order valence-electron chi connectivity index (χ2n) is 6.80. The molecule has 0 spiro atoms. The lowest BCUT2D eigenvalue weighted by Crippen LogP contribution is -2.44. The number of nitrogens with one attached hydrogen (secondary N) is 2. The minimum absolute atomic E-state index is 0.0931. The van der Waals surface area contributed by atoms with E-state index in [2.05, 4.69) is 15.6 Å². The Labute approximate surface area is 159 Å². The van der Waals surface area contributed by atoms with Gasteiger partial charge in [0.25, 0.3) is 5.91 Å². The first-order valence-electron chi connectivity index (χ1n) is 9.22. The van der Waals surface area contributed by atoms with Crippen LogP contribution in [0, 0.1) is 5.92 Å². The lowest BCUT2D eigenvalue weighted by molar-refractivity contribution is -0.135. The molecule has 0 saturated carbocycles. The van der Waals surface area contributed by atoms with Crippen molar-refractivity contribution in [2.24, 2.45) is 5.92 Å². The predicted molar refractivity (Wildman–Crippen MR) is 100.0 cm³/mol. The molecule has 1 aliphatic heterocycles. The van der Waals surface area contributed by atoms with E-state index in [-0.39, 0.29) is 36.1 Å². The second kappa shape index (κ2) is 10.6. The number of ether oxygens (including phenoxy) is 1. The smallest absolute Gasteiger partial charge is 0.253 e. The summed E-state index contributed by atoms with van der Waals surface area (Å²) in [5, 5.41) is 5.79. The largest absolute Gasteiger partial charge is 0.383 e. The summed E-state index contributed by atoms with van der Waals surface area (Å²) in [5.41, 5.74) is 0.488. The van der Waals surface area contributed by atoms with Gasteiger partial charge in [-0.1, -0.05) is 6.42 Å². The van der Waals surface area contributed by atoms with E-state index in [1.54, 1.807) is 37.4 Å². The molecule has 0 bridgehead atoms. The summed E-state index contributed by atoms with van der Waals surface area (Å²) < 4.78 is 4.94. The number of hydrogen-bond acceptors (Lipinski definition) is 5. The van der Waals surface area contributed by atoms with Gasteiger partial charge in [-0.3, -0.25) is 19.4 Å². The molecule has 1 saturated heterocycles. The summed E-state index contributed by atoms with van der Waals surface area (Å²) in [6.45, 7) is 1.29. The van der Waals surface area contributed by atoms with Crippen molar-refractivity contribution in [3.8, 4) is 0 Å². The predicted octanol–water partition coefficient (Wildman–Crippen LogP) is 0.591. The van der Waals surface area contributed by atoms with Gasteiger partial charge in [-0.25, -0.2) is 0 Å². The average Bonchev–Trinajstić information content (AvgIpc) is 2.73. The van der Waals surface area contributed by atoms with E-state index in [0.29, 0.717) is 38.1 Å². The highest BCUT2D eigenvalue weighted by atomic mass is 16.5. The number of carbonyl (C=O) groups excluding carboxylic acids is 3. The van der Waals surface area contributed by atoms with Gasteiger partial charge in [0, 0.05) is 58.0 Å². The number of pyridine rings is 1. The van der Waals surface area contributed by atoms with E-state index >= 15 is 0 Å². The van der Waals surface area contributed by atoms with Gasteiger partial charge in [-0.15, -0.1) is 0 Å². The average molecular weight is 376 g/mol. The van der Waals surface area contributed by atoms with E-state index in [1.807, 2.05) is 0 Å². The van der Waals surface area contributed by atoms with Crippen LogP contribution in [0.15, 0.2) is 24.5 Å². The fourth-order valence-electron chi connectivity index (χ4n) is 3.13.